The minimum absolute atomic E-state index is 0.188. The van der Waals surface area contributed by atoms with E-state index in [1.54, 1.807) is 13.0 Å². The topological polar surface area (TPSA) is 43.8 Å². The number of nitrogens with two attached hydrogens (primary N) is 1. The van der Waals surface area contributed by atoms with Crippen LogP contribution in [-0.4, -0.2) is 16.3 Å². The predicted octanol–water partition coefficient (Wildman–Crippen LogP) is 2.04. The summed E-state index contributed by atoms with van der Waals surface area (Å²) in [5.74, 6) is -0.188. The molecule has 0 amide bonds. The summed E-state index contributed by atoms with van der Waals surface area (Å²) in [6, 6.07) is 7.03. The monoisotopic (exact) mass is 233 g/mol. The minimum atomic E-state index is -0.188. The molecule has 0 atom stereocenters. The number of aromatic nitrogens is 2. The highest BCUT2D eigenvalue weighted by Gasteiger charge is 2.08. The Hall–Kier alpha value is -1.68. The van der Waals surface area contributed by atoms with Gasteiger partial charge in [-0.25, -0.2) is 4.39 Å². The van der Waals surface area contributed by atoms with Crippen LogP contribution in [-0.2, 0) is 13.5 Å². The summed E-state index contributed by atoms with van der Waals surface area (Å²) < 4.78 is 15.0. The van der Waals surface area contributed by atoms with Crippen molar-refractivity contribution in [3.05, 3.63) is 41.3 Å². The maximum Gasteiger partial charge on any atom is 0.126 e. The summed E-state index contributed by atoms with van der Waals surface area (Å²) in [5, 5.41) is 4.41. The number of rotatable bonds is 3. The Morgan fingerprint density at radius 2 is 2.12 bits per heavy atom. The second-order valence-corrected chi connectivity index (χ2v) is 4.15. The summed E-state index contributed by atoms with van der Waals surface area (Å²) in [6.07, 6.45) is 0.795. The molecule has 0 radical (unpaired) electrons. The Bertz CT molecular complexity index is 531. The van der Waals surface area contributed by atoms with Gasteiger partial charge in [-0.05, 0) is 43.3 Å². The van der Waals surface area contributed by atoms with Crippen LogP contribution in [0.3, 0.4) is 0 Å². The lowest BCUT2D eigenvalue weighted by atomic mass is 10.1. The minimum Gasteiger partial charge on any atom is -0.330 e. The third-order valence-electron chi connectivity index (χ3n) is 2.83. The normalized spacial score (nSPS) is 10.8. The van der Waals surface area contributed by atoms with E-state index in [4.69, 9.17) is 5.73 Å². The van der Waals surface area contributed by atoms with Gasteiger partial charge in [0.15, 0.2) is 0 Å². The fourth-order valence-electron chi connectivity index (χ4n) is 1.83. The number of hydrogen-bond donors (Lipinski definition) is 1. The van der Waals surface area contributed by atoms with Gasteiger partial charge in [0.2, 0.25) is 0 Å². The summed E-state index contributed by atoms with van der Waals surface area (Å²) >= 11 is 0. The van der Waals surface area contributed by atoms with Crippen LogP contribution in [0, 0.1) is 12.7 Å². The fraction of sp³-hybridized carbons (Fsp3) is 0.308. The van der Waals surface area contributed by atoms with Crippen molar-refractivity contribution >= 4 is 0 Å². The zero-order valence-corrected chi connectivity index (χ0v) is 10.1. The van der Waals surface area contributed by atoms with E-state index >= 15 is 0 Å². The van der Waals surface area contributed by atoms with Crippen LogP contribution in [0.4, 0.5) is 4.39 Å². The number of aryl methyl sites for hydroxylation is 2. The maximum absolute atomic E-state index is 13.2. The molecular formula is C13H16FN3. The van der Waals surface area contributed by atoms with E-state index in [0.717, 1.165) is 23.4 Å². The van der Waals surface area contributed by atoms with Crippen LogP contribution in [0.2, 0.25) is 0 Å². The molecule has 0 spiro atoms. The van der Waals surface area contributed by atoms with Gasteiger partial charge in [0, 0.05) is 24.7 Å². The SMILES string of the molecule is Cc1cc(-c2cc(CCN)n(C)n2)ccc1F. The quantitative estimate of drug-likeness (QED) is 0.881. The van der Waals surface area contributed by atoms with Crippen molar-refractivity contribution in [2.24, 2.45) is 12.8 Å². The second kappa shape index (κ2) is 4.67. The molecule has 3 nitrogen and oxygen atoms in total. The molecule has 0 saturated heterocycles. The molecule has 1 aromatic heterocycles. The van der Waals surface area contributed by atoms with Crippen molar-refractivity contribution in [2.45, 2.75) is 13.3 Å². The van der Waals surface area contributed by atoms with Gasteiger partial charge in [0.1, 0.15) is 5.82 Å². The zero-order valence-electron chi connectivity index (χ0n) is 10.1. The van der Waals surface area contributed by atoms with Gasteiger partial charge < -0.3 is 5.73 Å². The number of halogens is 1. The molecule has 0 bridgehead atoms. The lowest BCUT2D eigenvalue weighted by molar-refractivity contribution is 0.618. The second-order valence-electron chi connectivity index (χ2n) is 4.15. The van der Waals surface area contributed by atoms with E-state index in [1.165, 1.54) is 6.07 Å². The lowest BCUT2D eigenvalue weighted by Crippen LogP contribution is -2.06. The molecule has 1 heterocycles. The summed E-state index contributed by atoms with van der Waals surface area (Å²) in [6.45, 7) is 2.35. The average Bonchev–Trinajstić information content (AvgIpc) is 2.65. The Morgan fingerprint density at radius 1 is 1.35 bits per heavy atom. The fourth-order valence-corrected chi connectivity index (χ4v) is 1.83. The van der Waals surface area contributed by atoms with Crippen molar-refractivity contribution in [1.82, 2.24) is 9.78 Å². The molecular weight excluding hydrogens is 217 g/mol. The van der Waals surface area contributed by atoms with Crippen LogP contribution >= 0.6 is 0 Å². The summed E-state index contributed by atoms with van der Waals surface area (Å²) in [5.41, 5.74) is 9.04. The van der Waals surface area contributed by atoms with E-state index in [-0.39, 0.29) is 5.82 Å². The molecule has 2 rings (SSSR count). The Labute approximate surface area is 100 Å². The third-order valence-corrected chi connectivity index (χ3v) is 2.83. The van der Waals surface area contributed by atoms with E-state index in [0.29, 0.717) is 12.1 Å². The Kier molecular flexibility index (Phi) is 3.24. The predicted molar refractivity (Wildman–Crippen MR) is 66.1 cm³/mol. The van der Waals surface area contributed by atoms with E-state index < -0.39 is 0 Å². The first-order valence-electron chi connectivity index (χ1n) is 5.61. The van der Waals surface area contributed by atoms with Gasteiger partial charge in [0.25, 0.3) is 0 Å². The molecule has 0 unspecified atom stereocenters. The molecule has 0 fully saturated rings. The maximum atomic E-state index is 13.2. The highest BCUT2D eigenvalue weighted by molar-refractivity contribution is 5.60. The van der Waals surface area contributed by atoms with Gasteiger partial charge in [-0.15, -0.1) is 0 Å². The molecule has 0 aliphatic carbocycles. The van der Waals surface area contributed by atoms with Crippen molar-refractivity contribution in [1.29, 1.82) is 0 Å². The largest absolute Gasteiger partial charge is 0.330 e. The van der Waals surface area contributed by atoms with Crippen LogP contribution in [0.15, 0.2) is 24.3 Å². The zero-order chi connectivity index (χ0) is 12.4. The lowest BCUT2D eigenvalue weighted by Gasteiger charge is -1.99. The van der Waals surface area contributed by atoms with Crippen molar-refractivity contribution < 1.29 is 4.39 Å². The van der Waals surface area contributed by atoms with E-state index in [9.17, 15) is 4.39 Å². The molecule has 1 aromatic carbocycles. The highest BCUT2D eigenvalue weighted by atomic mass is 19.1. The number of hydrogen-bond acceptors (Lipinski definition) is 2. The van der Waals surface area contributed by atoms with Gasteiger partial charge in [-0.3, -0.25) is 4.68 Å². The van der Waals surface area contributed by atoms with Crippen molar-refractivity contribution in [2.75, 3.05) is 6.54 Å². The molecule has 17 heavy (non-hydrogen) atoms. The third kappa shape index (κ3) is 2.36. The molecule has 0 saturated carbocycles. The van der Waals surface area contributed by atoms with Gasteiger partial charge in [-0.1, -0.05) is 0 Å². The van der Waals surface area contributed by atoms with Crippen molar-refractivity contribution in [3.8, 4) is 11.3 Å². The first kappa shape index (κ1) is 11.8. The van der Waals surface area contributed by atoms with Crippen LogP contribution in [0.5, 0.6) is 0 Å². The van der Waals surface area contributed by atoms with Crippen molar-refractivity contribution in [3.63, 3.8) is 0 Å². The smallest absolute Gasteiger partial charge is 0.126 e. The van der Waals surface area contributed by atoms with Gasteiger partial charge in [-0.2, -0.15) is 5.10 Å². The average molecular weight is 233 g/mol. The summed E-state index contributed by atoms with van der Waals surface area (Å²) in [4.78, 5) is 0. The van der Waals surface area contributed by atoms with Crippen LogP contribution in [0.1, 0.15) is 11.3 Å². The first-order valence-corrected chi connectivity index (χ1v) is 5.61. The Balaban J connectivity index is 2.39. The summed E-state index contributed by atoms with van der Waals surface area (Å²) in [7, 11) is 1.89. The van der Waals surface area contributed by atoms with E-state index in [1.807, 2.05) is 23.9 Å². The van der Waals surface area contributed by atoms with Crippen LogP contribution in [0.25, 0.3) is 11.3 Å². The van der Waals surface area contributed by atoms with Gasteiger partial charge in [0.05, 0.1) is 5.69 Å². The highest BCUT2D eigenvalue weighted by Crippen LogP contribution is 2.21. The molecule has 4 heteroatoms. The number of nitrogens with zero attached hydrogens (tertiary/aromatic N) is 2. The van der Waals surface area contributed by atoms with Gasteiger partial charge >= 0.3 is 0 Å². The molecule has 0 aliphatic rings. The standard InChI is InChI=1S/C13H16FN3/c1-9-7-10(3-4-12(9)14)13-8-11(5-6-15)17(2)16-13/h3-4,7-8H,5-6,15H2,1-2H3. The van der Waals surface area contributed by atoms with Crippen LogP contribution < -0.4 is 5.73 Å². The van der Waals surface area contributed by atoms with E-state index in [2.05, 4.69) is 5.10 Å². The first-order chi connectivity index (χ1) is 8.11. The molecule has 2 aromatic rings. The molecule has 2 N–H and O–H groups in total. The Morgan fingerprint density at radius 3 is 2.76 bits per heavy atom. The molecule has 0 aliphatic heterocycles. The molecule has 90 valence electrons. The number of benzene rings is 1.